The highest BCUT2D eigenvalue weighted by atomic mass is 19.4. The minimum atomic E-state index is -4.85. The number of hydrogen-bond acceptors (Lipinski definition) is 3. The number of fused-ring (bicyclic) bond motifs is 3. The highest BCUT2D eigenvalue weighted by Crippen LogP contribution is 2.36. The van der Waals surface area contributed by atoms with Gasteiger partial charge in [0.25, 0.3) is 5.56 Å². The summed E-state index contributed by atoms with van der Waals surface area (Å²) in [5, 5.41) is 0.0598. The Labute approximate surface area is 157 Å². The van der Waals surface area contributed by atoms with Gasteiger partial charge >= 0.3 is 12.4 Å². The smallest absolute Gasteiger partial charge is 0.333 e. The second-order valence-corrected chi connectivity index (χ2v) is 6.27. The summed E-state index contributed by atoms with van der Waals surface area (Å²) >= 11 is 0. The Morgan fingerprint density at radius 2 is 1.62 bits per heavy atom. The van der Waals surface area contributed by atoms with Gasteiger partial charge in [-0.2, -0.15) is 26.3 Å². The van der Waals surface area contributed by atoms with Gasteiger partial charge in [0.05, 0.1) is 23.1 Å². The normalized spacial score (nSPS) is 12.8. The van der Waals surface area contributed by atoms with E-state index >= 15 is 0 Å². The number of aromatic nitrogens is 4. The van der Waals surface area contributed by atoms with E-state index in [2.05, 4.69) is 9.97 Å². The zero-order valence-corrected chi connectivity index (χ0v) is 14.5. The average Bonchev–Trinajstić information content (AvgIpc) is 3.02. The van der Waals surface area contributed by atoms with Gasteiger partial charge in [0.15, 0.2) is 5.52 Å². The van der Waals surface area contributed by atoms with E-state index in [0.717, 1.165) is 24.3 Å². The van der Waals surface area contributed by atoms with Gasteiger partial charge in [0.2, 0.25) is 0 Å². The van der Waals surface area contributed by atoms with Crippen molar-refractivity contribution >= 4 is 22.1 Å². The molecular formula is C18H10F6N4O. The van der Waals surface area contributed by atoms with E-state index < -0.39 is 40.5 Å². The maximum Gasteiger partial charge on any atom is 0.433 e. The third-order valence-electron chi connectivity index (χ3n) is 4.43. The van der Waals surface area contributed by atoms with Gasteiger partial charge in [-0.25, -0.2) is 9.97 Å². The Balaban J connectivity index is 2.25. The fourth-order valence-corrected chi connectivity index (χ4v) is 3.20. The Morgan fingerprint density at radius 3 is 2.28 bits per heavy atom. The number of nitrogens with zero attached hydrogens (tertiary/aromatic N) is 4. The van der Waals surface area contributed by atoms with Crippen molar-refractivity contribution in [3.05, 3.63) is 64.3 Å². The number of imidazole rings is 1. The molecule has 0 bridgehead atoms. The van der Waals surface area contributed by atoms with Gasteiger partial charge in [-0.15, -0.1) is 0 Å². The molecule has 3 heterocycles. The van der Waals surface area contributed by atoms with Crippen molar-refractivity contribution < 1.29 is 26.3 Å². The molecular weight excluding hydrogens is 402 g/mol. The van der Waals surface area contributed by atoms with Crippen molar-refractivity contribution in [1.29, 1.82) is 0 Å². The summed E-state index contributed by atoms with van der Waals surface area (Å²) in [4.78, 5) is 20.4. The fraction of sp³-hybridized carbons (Fsp3) is 0.167. The molecule has 0 radical (unpaired) electrons. The van der Waals surface area contributed by atoms with Crippen LogP contribution in [0.5, 0.6) is 0 Å². The zero-order valence-electron chi connectivity index (χ0n) is 14.5. The molecule has 29 heavy (non-hydrogen) atoms. The molecule has 0 saturated heterocycles. The molecule has 0 N–H and O–H groups in total. The largest absolute Gasteiger partial charge is 0.433 e. The number of alkyl halides is 6. The van der Waals surface area contributed by atoms with Crippen LogP contribution in [0.15, 0.2) is 47.5 Å². The van der Waals surface area contributed by atoms with Crippen molar-refractivity contribution in [2.24, 2.45) is 7.05 Å². The van der Waals surface area contributed by atoms with Gasteiger partial charge in [-0.1, -0.05) is 12.1 Å². The molecule has 150 valence electrons. The first-order valence-corrected chi connectivity index (χ1v) is 8.10. The van der Waals surface area contributed by atoms with Crippen molar-refractivity contribution in [3.63, 3.8) is 0 Å². The van der Waals surface area contributed by atoms with Gasteiger partial charge in [-0.3, -0.25) is 9.36 Å². The SMILES string of the molecule is Cn1cnc2c(=O)n(-c3ccccc3C(F)(F)F)c3nc(C(F)(F)F)ccc3c21. The second kappa shape index (κ2) is 6.06. The number of benzene rings is 1. The summed E-state index contributed by atoms with van der Waals surface area (Å²) in [5.74, 6) is 0. The van der Waals surface area contributed by atoms with Crippen LogP contribution in [0.4, 0.5) is 26.3 Å². The standard InChI is InChI=1S/C18H10F6N4O/c1-27-8-25-13-14(27)9-6-7-12(18(22,23)24)26-15(9)28(16(13)29)11-5-3-2-4-10(11)17(19,20)21/h2-8H,1H3. The molecule has 0 amide bonds. The summed E-state index contributed by atoms with van der Waals surface area (Å²) in [6, 6.07) is 5.89. The van der Waals surface area contributed by atoms with Crippen molar-refractivity contribution in [3.8, 4) is 5.69 Å². The summed E-state index contributed by atoms with van der Waals surface area (Å²) in [6.07, 6.45) is -8.44. The van der Waals surface area contributed by atoms with E-state index in [1.54, 1.807) is 0 Å². The van der Waals surface area contributed by atoms with Gasteiger partial charge < -0.3 is 4.57 Å². The maximum atomic E-state index is 13.5. The average molecular weight is 412 g/mol. The molecule has 4 aromatic rings. The molecule has 0 aliphatic heterocycles. The predicted molar refractivity (Wildman–Crippen MR) is 91.6 cm³/mol. The van der Waals surface area contributed by atoms with Crippen LogP contribution in [-0.2, 0) is 19.4 Å². The Kier molecular flexibility index (Phi) is 3.97. The van der Waals surface area contributed by atoms with E-state index in [9.17, 15) is 31.1 Å². The summed E-state index contributed by atoms with van der Waals surface area (Å²) in [6.45, 7) is 0. The van der Waals surface area contributed by atoms with Crippen LogP contribution >= 0.6 is 0 Å². The quantitative estimate of drug-likeness (QED) is 0.438. The third-order valence-corrected chi connectivity index (χ3v) is 4.43. The van der Waals surface area contributed by atoms with Crippen LogP contribution in [-0.4, -0.2) is 19.1 Å². The van der Waals surface area contributed by atoms with E-state index in [0.29, 0.717) is 10.6 Å². The molecule has 5 nitrogen and oxygen atoms in total. The monoisotopic (exact) mass is 412 g/mol. The molecule has 1 aromatic carbocycles. The summed E-state index contributed by atoms with van der Waals surface area (Å²) in [5.41, 5.74) is -4.70. The molecule has 4 rings (SSSR count). The lowest BCUT2D eigenvalue weighted by Crippen LogP contribution is -2.24. The van der Waals surface area contributed by atoms with Crippen LogP contribution in [0.3, 0.4) is 0 Å². The fourth-order valence-electron chi connectivity index (χ4n) is 3.20. The topological polar surface area (TPSA) is 52.7 Å². The second-order valence-electron chi connectivity index (χ2n) is 6.27. The summed E-state index contributed by atoms with van der Waals surface area (Å²) < 4.78 is 82.1. The van der Waals surface area contributed by atoms with Crippen molar-refractivity contribution in [2.45, 2.75) is 12.4 Å². The lowest BCUT2D eigenvalue weighted by Gasteiger charge is -2.17. The maximum absolute atomic E-state index is 13.5. The molecule has 0 spiro atoms. The van der Waals surface area contributed by atoms with E-state index in [1.165, 1.54) is 24.0 Å². The van der Waals surface area contributed by atoms with Crippen LogP contribution < -0.4 is 5.56 Å². The van der Waals surface area contributed by atoms with Gasteiger partial charge in [0.1, 0.15) is 11.3 Å². The first kappa shape index (κ1) is 19.0. The van der Waals surface area contributed by atoms with Crippen LogP contribution in [0.1, 0.15) is 11.3 Å². The first-order chi connectivity index (χ1) is 13.5. The number of aryl methyl sites for hydroxylation is 1. The molecule has 3 aromatic heterocycles. The molecule has 0 unspecified atom stereocenters. The van der Waals surface area contributed by atoms with E-state index in [1.807, 2.05) is 0 Å². The van der Waals surface area contributed by atoms with Crippen molar-refractivity contribution in [1.82, 2.24) is 19.1 Å². The third kappa shape index (κ3) is 2.93. The first-order valence-electron chi connectivity index (χ1n) is 8.10. The Morgan fingerprint density at radius 1 is 0.931 bits per heavy atom. The number of halogens is 6. The van der Waals surface area contributed by atoms with E-state index in [4.69, 9.17) is 0 Å². The number of rotatable bonds is 1. The Hall–Kier alpha value is -3.37. The number of hydrogen-bond donors (Lipinski definition) is 0. The van der Waals surface area contributed by atoms with Gasteiger partial charge in [-0.05, 0) is 24.3 Å². The molecule has 0 atom stereocenters. The van der Waals surface area contributed by atoms with Crippen molar-refractivity contribution in [2.75, 3.05) is 0 Å². The number of pyridine rings is 2. The summed E-state index contributed by atoms with van der Waals surface area (Å²) in [7, 11) is 1.51. The molecule has 0 aliphatic carbocycles. The molecule has 11 heteroatoms. The highest BCUT2D eigenvalue weighted by Gasteiger charge is 2.36. The van der Waals surface area contributed by atoms with E-state index in [-0.39, 0.29) is 16.4 Å². The minimum absolute atomic E-state index is 0.0598. The predicted octanol–water partition coefficient (Wildman–Crippen LogP) is 4.31. The molecule has 0 fully saturated rings. The zero-order chi connectivity index (χ0) is 21.1. The minimum Gasteiger partial charge on any atom is -0.333 e. The highest BCUT2D eigenvalue weighted by molar-refractivity contribution is 6.01. The van der Waals surface area contributed by atoms with Gasteiger partial charge in [0, 0.05) is 12.4 Å². The number of para-hydroxylation sites is 1. The van der Waals surface area contributed by atoms with Crippen LogP contribution in [0.2, 0.25) is 0 Å². The molecule has 0 saturated carbocycles. The lowest BCUT2D eigenvalue weighted by atomic mass is 10.1. The Bertz CT molecular complexity index is 1320. The van der Waals surface area contributed by atoms with Crippen LogP contribution in [0, 0.1) is 0 Å². The lowest BCUT2D eigenvalue weighted by molar-refractivity contribution is -0.141. The van der Waals surface area contributed by atoms with Crippen LogP contribution in [0.25, 0.3) is 27.8 Å². The molecule has 0 aliphatic rings.